The van der Waals surface area contributed by atoms with Gasteiger partial charge >= 0.3 is 0 Å². The van der Waals surface area contributed by atoms with Crippen molar-refractivity contribution >= 4 is 5.78 Å². The largest absolute Gasteiger partial charge is 0.393 e. The summed E-state index contributed by atoms with van der Waals surface area (Å²) in [6.45, 7) is 14.5. The third-order valence-corrected chi connectivity index (χ3v) is 13.6. The molecule has 5 aliphatic carbocycles. The standard InChI is InChI=1S/C30H50O5/c1-25(2)20-16-22(32)30(28(20,6)13-11-21(25)31)15-14-27(5)18(10-12-29(27,7)24(30)34)17-8-9-19(23(17)33)26(3,4)35/h17-23,31-33,35H,8-16H2,1-7H3/t17-,18-,19-,20+,21+,22+,23-,27-,28+,29+,30+/m1/s1. The first-order chi connectivity index (χ1) is 16.0. The summed E-state index contributed by atoms with van der Waals surface area (Å²) in [5.74, 6) is 0.619. The van der Waals surface area contributed by atoms with Gasteiger partial charge in [-0.2, -0.15) is 0 Å². The summed E-state index contributed by atoms with van der Waals surface area (Å²) in [7, 11) is 0. The molecule has 5 nitrogen and oxygen atoms in total. The summed E-state index contributed by atoms with van der Waals surface area (Å²) in [5.41, 5.74) is -3.03. The van der Waals surface area contributed by atoms with Gasteiger partial charge in [0.25, 0.3) is 0 Å². The van der Waals surface area contributed by atoms with Crippen molar-refractivity contribution in [1.29, 1.82) is 0 Å². The highest BCUT2D eigenvalue weighted by molar-refractivity contribution is 5.94. The van der Waals surface area contributed by atoms with Crippen LogP contribution < -0.4 is 0 Å². The minimum Gasteiger partial charge on any atom is -0.393 e. The average molecular weight is 491 g/mol. The summed E-state index contributed by atoms with van der Waals surface area (Å²) < 4.78 is 0. The minimum absolute atomic E-state index is 0.112. The summed E-state index contributed by atoms with van der Waals surface area (Å²) in [6.07, 6.45) is 5.53. The van der Waals surface area contributed by atoms with Crippen LogP contribution in [0.1, 0.15) is 106 Å². The molecular formula is C30H50O5. The fourth-order valence-corrected chi connectivity index (χ4v) is 11.1. The van der Waals surface area contributed by atoms with E-state index in [0.29, 0.717) is 19.3 Å². The molecule has 0 unspecified atom stereocenters. The highest BCUT2D eigenvalue weighted by Crippen LogP contribution is 2.76. The van der Waals surface area contributed by atoms with Gasteiger partial charge < -0.3 is 20.4 Å². The van der Waals surface area contributed by atoms with Crippen molar-refractivity contribution in [2.45, 2.75) is 130 Å². The van der Waals surface area contributed by atoms with Gasteiger partial charge in [-0.1, -0.05) is 34.6 Å². The predicted molar refractivity (Wildman–Crippen MR) is 135 cm³/mol. The molecule has 5 rings (SSSR count). The van der Waals surface area contributed by atoms with Crippen LogP contribution in [0.4, 0.5) is 0 Å². The molecule has 0 amide bonds. The number of rotatable bonds is 2. The number of carbonyl (C=O) groups excluding carboxylic acids is 1. The van der Waals surface area contributed by atoms with Crippen LogP contribution in [-0.2, 0) is 4.79 Å². The van der Waals surface area contributed by atoms with Crippen molar-refractivity contribution in [2.24, 2.45) is 50.7 Å². The van der Waals surface area contributed by atoms with Crippen molar-refractivity contribution in [3.8, 4) is 0 Å². The molecule has 0 aromatic rings. The molecule has 0 bridgehead atoms. The van der Waals surface area contributed by atoms with Gasteiger partial charge in [0.15, 0.2) is 0 Å². The van der Waals surface area contributed by atoms with Crippen LogP contribution in [0.3, 0.4) is 0 Å². The van der Waals surface area contributed by atoms with Gasteiger partial charge in [-0.25, -0.2) is 0 Å². The highest BCUT2D eigenvalue weighted by Gasteiger charge is 2.76. The number of aliphatic hydroxyl groups is 4. The predicted octanol–water partition coefficient (Wildman–Crippen LogP) is 4.48. The summed E-state index contributed by atoms with van der Waals surface area (Å²) in [5, 5.41) is 44.5. The molecule has 0 aromatic heterocycles. The van der Waals surface area contributed by atoms with E-state index in [0.717, 1.165) is 38.5 Å². The minimum atomic E-state index is -0.903. The van der Waals surface area contributed by atoms with Gasteiger partial charge in [-0.05, 0) is 106 Å². The van der Waals surface area contributed by atoms with Crippen LogP contribution in [0, 0.1) is 50.7 Å². The van der Waals surface area contributed by atoms with E-state index in [1.54, 1.807) is 13.8 Å². The maximum atomic E-state index is 14.9. The second kappa shape index (κ2) is 7.55. The molecule has 0 radical (unpaired) electrons. The third-order valence-electron chi connectivity index (χ3n) is 13.6. The maximum Gasteiger partial charge on any atom is 0.148 e. The van der Waals surface area contributed by atoms with Gasteiger partial charge in [0.2, 0.25) is 0 Å². The molecule has 35 heavy (non-hydrogen) atoms. The molecule has 5 heteroatoms. The van der Waals surface area contributed by atoms with Gasteiger partial charge in [-0.15, -0.1) is 0 Å². The Morgan fingerprint density at radius 3 is 2.06 bits per heavy atom. The van der Waals surface area contributed by atoms with E-state index >= 15 is 0 Å². The van der Waals surface area contributed by atoms with Crippen molar-refractivity contribution in [3.63, 3.8) is 0 Å². The lowest BCUT2D eigenvalue weighted by Crippen LogP contribution is -2.64. The summed E-state index contributed by atoms with van der Waals surface area (Å²) in [6, 6.07) is 0. The Morgan fingerprint density at radius 1 is 0.800 bits per heavy atom. The Kier molecular flexibility index (Phi) is 5.63. The van der Waals surface area contributed by atoms with Crippen molar-refractivity contribution in [2.75, 3.05) is 0 Å². The molecule has 5 saturated carbocycles. The van der Waals surface area contributed by atoms with E-state index in [2.05, 4.69) is 34.6 Å². The van der Waals surface area contributed by atoms with Crippen LogP contribution in [0.5, 0.6) is 0 Å². The zero-order valence-corrected chi connectivity index (χ0v) is 23.1. The van der Waals surface area contributed by atoms with E-state index in [-0.39, 0.29) is 45.7 Å². The molecule has 0 aliphatic heterocycles. The number of carbonyl (C=O) groups is 1. The lowest BCUT2D eigenvalue weighted by atomic mass is 9.41. The first kappa shape index (κ1) is 26.1. The Balaban J connectivity index is 1.50. The molecule has 1 spiro atoms. The molecule has 200 valence electrons. The van der Waals surface area contributed by atoms with Crippen molar-refractivity contribution in [1.82, 2.24) is 0 Å². The first-order valence-corrected chi connectivity index (χ1v) is 14.3. The zero-order valence-electron chi connectivity index (χ0n) is 23.1. The SMILES string of the molecule is CC(C)(O)[C@@H]1CC[C@H]([C@H]2CC[C@@]3(C)C(=O)[C@]4(CC[C@]23C)[C@@H](O)C[C@H]2C(C)(C)[C@@H](O)CC[C@@]24C)[C@H]1O. The summed E-state index contributed by atoms with van der Waals surface area (Å²) in [4.78, 5) is 14.9. The monoisotopic (exact) mass is 490 g/mol. The highest BCUT2D eigenvalue weighted by atomic mass is 16.3. The van der Waals surface area contributed by atoms with Gasteiger partial charge in [0, 0.05) is 11.3 Å². The van der Waals surface area contributed by atoms with E-state index in [9.17, 15) is 25.2 Å². The Morgan fingerprint density at radius 2 is 1.46 bits per heavy atom. The molecule has 0 saturated heterocycles. The molecule has 5 fully saturated rings. The lowest BCUT2D eigenvalue weighted by Gasteiger charge is -2.62. The van der Waals surface area contributed by atoms with E-state index in [4.69, 9.17) is 0 Å². The number of fused-ring (bicyclic) bond motifs is 3. The van der Waals surface area contributed by atoms with Crippen molar-refractivity contribution in [3.05, 3.63) is 0 Å². The fourth-order valence-electron chi connectivity index (χ4n) is 11.1. The van der Waals surface area contributed by atoms with Crippen LogP contribution in [-0.4, -0.2) is 50.1 Å². The fraction of sp³-hybridized carbons (Fsp3) is 0.967. The molecular weight excluding hydrogens is 440 g/mol. The van der Waals surface area contributed by atoms with Crippen LogP contribution >= 0.6 is 0 Å². The lowest BCUT2D eigenvalue weighted by molar-refractivity contribution is -0.187. The second-order valence-electron chi connectivity index (χ2n) is 15.3. The Labute approximate surface area is 212 Å². The quantitative estimate of drug-likeness (QED) is 0.457. The van der Waals surface area contributed by atoms with Crippen LogP contribution in [0.2, 0.25) is 0 Å². The van der Waals surface area contributed by atoms with E-state index in [1.165, 1.54) is 0 Å². The smallest absolute Gasteiger partial charge is 0.148 e. The van der Waals surface area contributed by atoms with Gasteiger partial charge in [0.1, 0.15) is 5.78 Å². The molecule has 11 atom stereocenters. The summed E-state index contributed by atoms with van der Waals surface area (Å²) >= 11 is 0. The number of ketones is 1. The topological polar surface area (TPSA) is 98.0 Å². The maximum absolute atomic E-state index is 14.9. The van der Waals surface area contributed by atoms with Crippen LogP contribution in [0.15, 0.2) is 0 Å². The molecule has 0 aromatic carbocycles. The number of Topliss-reactive ketones (excluding diaryl/α,β-unsaturated/α-hetero) is 1. The van der Waals surface area contributed by atoms with Gasteiger partial charge in [-0.3, -0.25) is 4.79 Å². The molecule has 4 N–H and O–H groups in total. The molecule has 0 heterocycles. The third kappa shape index (κ3) is 2.99. The van der Waals surface area contributed by atoms with Crippen LogP contribution in [0.25, 0.3) is 0 Å². The Bertz CT molecular complexity index is 892. The Hall–Kier alpha value is -0.490. The van der Waals surface area contributed by atoms with Crippen molar-refractivity contribution < 1.29 is 25.2 Å². The second-order valence-corrected chi connectivity index (χ2v) is 15.3. The zero-order chi connectivity index (χ0) is 26.0. The van der Waals surface area contributed by atoms with E-state index in [1.807, 2.05) is 0 Å². The van der Waals surface area contributed by atoms with Gasteiger partial charge in [0.05, 0.1) is 29.3 Å². The average Bonchev–Trinajstić information content (AvgIpc) is 3.34. The first-order valence-electron chi connectivity index (χ1n) is 14.3. The number of hydrogen-bond acceptors (Lipinski definition) is 5. The number of aliphatic hydroxyl groups excluding tert-OH is 3. The molecule has 5 aliphatic rings. The number of hydrogen-bond donors (Lipinski definition) is 4. The normalized spacial score (nSPS) is 55.9. The van der Waals surface area contributed by atoms with E-state index < -0.39 is 34.7 Å².